The van der Waals surface area contributed by atoms with Crippen LogP contribution in [-0.2, 0) is 16.0 Å². The van der Waals surface area contributed by atoms with E-state index in [1.807, 2.05) is 22.1 Å². The van der Waals surface area contributed by atoms with Gasteiger partial charge in [0.2, 0.25) is 11.8 Å². The number of anilines is 1. The second kappa shape index (κ2) is 7.92. The minimum Gasteiger partial charge on any atom is -0.375 e. The average Bonchev–Trinajstić information content (AvgIpc) is 2.98. The number of likely N-dealkylation sites (tertiary alicyclic amines) is 1. The zero-order chi connectivity index (χ0) is 18.7. The highest BCUT2D eigenvalue weighted by Crippen LogP contribution is 2.32. The third-order valence-corrected chi connectivity index (χ3v) is 6.63. The number of hydrogen-bond acceptors (Lipinski definition) is 6. The number of nitrogens with two attached hydrogens (primary N) is 1. The Bertz CT molecular complexity index is 664. The maximum absolute atomic E-state index is 12.8. The van der Waals surface area contributed by atoms with Crippen LogP contribution in [-0.4, -0.2) is 76.8 Å². The van der Waals surface area contributed by atoms with E-state index in [2.05, 4.69) is 16.9 Å². The summed E-state index contributed by atoms with van der Waals surface area (Å²) >= 11 is 1.41. The number of amides is 2. The first-order valence-corrected chi connectivity index (χ1v) is 10.3. The van der Waals surface area contributed by atoms with E-state index in [-0.39, 0.29) is 17.4 Å². The van der Waals surface area contributed by atoms with Crippen LogP contribution in [0.1, 0.15) is 38.3 Å². The van der Waals surface area contributed by atoms with Crippen LogP contribution in [0.25, 0.3) is 0 Å². The van der Waals surface area contributed by atoms with Crippen LogP contribution < -0.4 is 5.73 Å². The highest BCUT2D eigenvalue weighted by atomic mass is 32.1. The molecule has 2 N–H and O–H groups in total. The van der Waals surface area contributed by atoms with Crippen molar-refractivity contribution in [3.8, 4) is 0 Å². The van der Waals surface area contributed by atoms with Gasteiger partial charge in [-0.3, -0.25) is 14.5 Å². The molecule has 8 heteroatoms. The maximum Gasteiger partial charge on any atom is 0.223 e. The van der Waals surface area contributed by atoms with Crippen LogP contribution in [0.3, 0.4) is 0 Å². The smallest absolute Gasteiger partial charge is 0.223 e. The standard InChI is InChI=1S/C18H29N5O2S/c1-3-22-9-8-18(7-6-16(22)25)13-23(11-10-21(18)2)15(24)5-4-14-12-26-17(19)20-14/h12H,3-11,13H2,1-2H3,(H2,19,20)/t18-/m1/s1. The van der Waals surface area contributed by atoms with E-state index < -0.39 is 0 Å². The Kier molecular flexibility index (Phi) is 5.82. The molecular formula is C18H29N5O2S. The predicted molar refractivity (Wildman–Crippen MR) is 103 cm³/mol. The quantitative estimate of drug-likeness (QED) is 0.850. The zero-order valence-electron chi connectivity index (χ0n) is 15.7. The number of aryl methyl sites for hydroxylation is 1. The first-order chi connectivity index (χ1) is 12.4. The molecular weight excluding hydrogens is 350 g/mol. The fourth-order valence-corrected chi connectivity index (χ4v) is 4.67. The lowest BCUT2D eigenvalue weighted by atomic mass is 9.86. The van der Waals surface area contributed by atoms with Gasteiger partial charge in [-0.25, -0.2) is 4.98 Å². The molecule has 0 radical (unpaired) electrons. The van der Waals surface area contributed by atoms with Gasteiger partial charge in [-0.2, -0.15) is 0 Å². The van der Waals surface area contributed by atoms with Crippen LogP contribution in [0.5, 0.6) is 0 Å². The highest BCUT2D eigenvalue weighted by molar-refractivity contribution is 7.13. The van der Waals surface area contributed by atoms with Gasteiger partial charge in [-0.1, -0.05) is 0 Å². The van der Waals surface area contributed by atoms with E-state index in [1.165, 1.54) is 11.3 Å². The lowest BCUT2D eigenvalue weighted by molar-refractivity contribution is -0.136. The minimum absolute atomic E-state index is 0.0848. The van der Waals surface area contributed by atoms with Crippen LogP contribution in [0.4, 0.5) is 5.13 Å². The summed E-state index contributed by atoms with van der Waals surface area (Å²) in [6, 6.07) is 0. The lowest BCUT2D eigenvalue weighted by Gasteiger charge is -2.49. The van der Waals surface area contributed by atoms with Gasteiger partial charge in [0.15, 0.2) is 5.13 Å². The lowest BCUT2D eigenvalue weighted by Crippen LogP contribution is -2.62. The molecule has 144 valence electrons. The summed E-state index contributed by atoms with van der Waals surface area (Å²) in [5.41, 5.74) is 6.47. The molecule has 2 fully saturated rings. The second-order valence-electron chi connectivity index (χ2n) is 7.36. The molecule has 2 aliphatic rings. The summed E-state index contributed by atoms with van der Waals surface area (Å²) < 4.78 is 0. The SMILES string of the molecule is CCN1CC[C@]2(CCC1=O)CN(C(=O)CCc1csc(N)n1)CCN2C. The molecule has 1 aromatic rings. The Morgan fingerprint density at radius 2 is 2.15 bits per heavy atom. The zero-order valence-corrected chi connectivity index (χ0v) is 16.6. The topological polar surface area (TPSA) is 82.8 Å². The molecule has 7 nitrogen and oxygen atoms in total. The second-order valence-corrected chi connectivity index (χ2v) is 8.25. The van der Waals surface area contributed by atoms with Gasteiger partial charge in [-0.05, 0) is 33.2 Å². The summed E-state index contributed by atoms with van der Waals surface area (Å²) in [6.07, 6.45) is 3.41. The van der Waals surface area contributed by atoms with E-state index in [0.29, 0.717) is 30.9 Å². The predicted octanol–water partition coefficient (Wildman–Crippen LogP) is 1.20. The molecule has 1 spiro atoms. The number of rotatable bonds is 4. The molecule has 0 saturated carbocycles. The fraction of sp³-hybridized carbons (Fsp3) is 0.722. The average molecular weight is 380 g/mol. The van der Waals surface area contributed by atoms with Crippen molar-refractivity contribution in [2.24, 2.45) is 0 Å². The van der Waals surface area contributed by atoms with E-state index in [1.54, 1.807) is 0 Å². The molecule has 0 bridgehead atoms. The van der Waals surface area contributed by atoms with Crippen molar-refractivity contribution in [2.75, 3.05) is 45.5 Å². The number of aromatic nitrogens is 1. The Morgan fingerprint density at radius 3 is 2.85 bits per heavy atom. The Morgan fingerprint density at radius 1 is 1.35 bits per heavy atom. The fourth-order valence-electron chi connectivity index (χ4n) is 4.07. The van der Waals surface area contributed by atoms with Gasteiger partial charge in [0.25, 0.3) is 0 Å². The summed E-state index contributed by atoms with van der Waals surface area (Å²) in [4.78, 5) is 35.6. The molecule has 2 amide bonds. The van der Waals surface area contributed by atoms with Gasteiger partial charge in [-0.15, -0.1) is 11.3 Å². The van der Waals surface area contributed by atoms with E-state index in [0.717, 1.165) is 44.7 Å². The maximum atomic E-state index is 12.8. The van der Waals surface area contributed by atoms with Crippen molar-refractivity contribution < 1.29 is 9.59 Å². The van der Waals surface area contributed by atoms with Crippen LogP contribution in [0.15, 0.2) is 5.38 Å². The Balaban J connectivity index is 1.63. The Labute approximate surface area is 159 Å². The molecule has 1 aromatic heterocycles. The monoisotopic (exact) mass is 379 g/mol. The summed E-state index contributed by atoms with van der Waals surface area (Å²) in [5, 5.41) is 2.47. The molecule has 2 saturated heterocycles. The number of nitrogen functional groups attached to an aromatic ring is 1. The van der Waals surface area contributed by atoms with E-state index >= 15 is 0 Å². The number of piperazine rings is 1. The number of hydrogen-bond donors (Lipinski definition) is 1. The highest BCUT2D eigenvalue weighted by Gasteiger charge is 2.43. The molecule has 26 heavy (non-hydrogen) atoms. The summed E-state index contributed by atoms with van der Waals surface area (Å²) in [7, 11) is 2.13. The van der Waals surface area contributed by atoms with Gasteiger partial charge in [0.1, 0.15) is 0 Å². The largest absolute Gasteiger partial charge is 0.375 e. The van der Waals surface area contributed by atoms with Crippen molar-refractivity contribution in [3.05, 3.63) is 11.1 Å². The molecule has 0 aromatic carbocycles. The van der Waals surface area contributed by atoms with Crippen LogP contribution >= 0.6 is 11.3 Å². The number of carbonyl (C=O) groups is 2. The Hall–Kier alpha value is -1.67. The van der Waals surface area contributed by atoms with Gasteiger partial charge >= 0.3 is 0 Å². The van der Waals surface area contributed by atoms with Crippen molar-refractivity contribution in [1.82, 2.24) is 19.7 Å². The third kappa shape index (κ3) is 4.01. The van der Waals surface area contributed by atoms with Gasteiger partial charge in [0, 0.05) is 56.5 Å². The number of nitrogens with zero attached hydrogens (tertiary/aromatic N) is 4. The number of thiazole rings is 1. The first kappa shape index (κ1) is 19.1. The van der Waals surface area contributed by atoms with Crippen molar-refractivity contribution in [2.45, 2.75) is 44.6 Å². The number of likely N-dealkylation sites (N-methyl/N-ethyl adjacent to an activating group) is 1. The first-order valence-electron chi connectivity index (χ1n) is 9.40. The van der Waals surface area contributed by atoms with Crippen molar-refractivity contribution >= 4 is 28.3 Å². The minimum atomic E-state index is -0.0848. The van der Waals surface area contributed by atoms with E-state index in [4.69, 9.17) is 5.73 Å². The molecule has 2 aliphatic heterocycles. The normalized spacial score (nSPS) is 24.9. The van der Waals surface area contributed by atoms with Crippen LogP contribution in [0.2, 0.25) is 0 Å². The van der Waals surface area contributed by atoms with Crippen molar-refractivity contribution in [1.29, 1.82) is 0 Å². The molecule has 0 unspecified atom stereocenters. The van der Waals surface area contributed by atoms with Crippen molar-refractivity contribution in [3.63, 3.8) is 0 Å². The third-order valence-electron chi connectivity index (χ3n) is 5.90. The summed E-state index contributed by atoms with van der Waals surface area (Å²) in [5.74, 6) is 0.411. The van der Waals surface area contributed by atoms with Gasteiger partial charge in [0.05, 0.1) is 5.69 Å². The van der Waals surface area contributed by atoms with E-state index in [9.17, 15) is 9.59 Å². The van der Waals surface area contributed by atoms with Gasteiger partial charge < -0.3 is 15.5 Å². The van der Waals surface area contributed by atoms with Crippen LogP contribution in [0, 0.1) is 0 Å². The molecule has 1 atom stereocenters. The molecule has 3 rings (SSSR count). The number of carbonyl (C=O) groups excluding carboxylic acids is 2. The molecule has 3 heterocycles. The summed E-state index contributed by atoms with van der Waals surface area (Å²) in [6.45, 7) is 5.89. The molecule has 0 aliphatic carbocycles.